The third-order valence-electron chi connectivity index (χ3n) is 6.30. The van der Waals surface area contributed by atoms with Crippen LogP contribution in [-0.4, -0.2) is 49.2 Å². The molecule has 3 aliphatic heterocycles. The summed E-state index contributed by atoms with van der Waals surface area (Å²) in [6, 6.07) is 11.9. The molecule has 1 saturated heterocycles. The molecule has 0 bridgehead atoms. The molecular formula is C25H23N6O3S+. The lowest BCUT2D eigenvalue weighted by molar-refractivity contribution is -0.373. The van der Waals surface area contributed by atoms with Crippen LogP contribution in [0.1, 0.15) is 18.4 Å². The van der Waals surface area contributed by atoms with E-state index in [2.05, 4.69) is 20.2 Å². The highest BCUT2D eigenvalue weighted by Crippen LogP contribution is 2.25. The van der Waals surface area contributed by atoms with Crippen molar-refractivity contribution in [2.24, 2.45) is 10.9 Å². The number of thioether (sulfide) groups is 1. The molecule has 0 saturated carbocycles. The Kier molecular flexibility index (Phi) is 5.75. The van der Waals surface area contributed by atoms with Gasteiger partial charge in [-0.25, -0.2) is 0 Å². The zero-order valence-corrected chi connectivity index (χ0v) is 19.6. The lowest BCUT2D eigenvalue weighted by Crippen LogP contribution is -2.49. The number of carbonyl (C=O) groups is 1. The van der Waals surface area contributed by atoms with Gasteiger partial charge in [-0.05, 0) is 41.6 Å². The number of fused-ring (bicyclic) bond motifs is 2. The molecule has 3 aromatic rings. The minimum absolute atomic E-state index is 0.0450. The van der Waals surface area contributed by atoms with Crippen LogP contribution in [0, 0.1) is 5.92 Å². The molecule has 9 nitrogen and oxygen atoms in total. The fourth-order valence-electron chi connectivity index (χ4n) is 4.47. The molecule has 1 aromatic carbocycles. The molecule has 0 spiro atoms. The summed E-state index contributed by atoms with van der Waals surface area (Å²) >= 11 is 1.49. The van der Waals surface area contributed by atoms with Gasteiger partial charge in [-0.15, -0.1) is 5.10 Å². The Morgan fingerprint density at radius 3 is 2.91 bits per heavy atom. The van der Waals surface area contributed by atoms with Crippen molar-refractivity contribution in [3.63, 3.8) is 0 Å². The molecule has 2 unspecified atom stereocenters. The largest absolute Gasteiger partial charge is 0.425 e. The van der Waals surface area contributed by atoms with Gasteiger partial charge in [0, 0.05) is 18.6 Å². The normalized spacial score (nSPS) is 20.9. The van der Waals surface area contributed by atoms with Crippen LogP contribution in [0.25, 0.3) is 6.08 Å². The van der Waals surface area contributed by atoms with E-state index in [9.17, 15) is 9.59 Å². The van der Waals surface area contributed by atoms with Crippen molar-refractivity contribution < 1.29 is 14.1 Å². The predicted molar refractivity (Wildman–Crippen MR) is 130 cm³/mol. The van der Waals surface area contributed by atoms with E-state index in [0.29, 0.717) is 33.9 Å². The molecule has 2 aromatic heterocycles. The summed E-state index contributed by atoms with van der Waals surface area (Å²) < 4.78 is 8.76. The third kappa shape index (κ3) is 4.30. The molecule has 0 aliphatic carbocycles. The Morgan fingerprint density at radius 2 is 2.09 bits per heavy atom. The van der Waals surface area contributed by atoms with Gasteiger partial charge in [-0.2, -0.15) is 4.58 Å². The zero-order valence-electron chi connectivity index (χ0n) is 18.8. The highest BCUT2D eigenvalue weighted by atomic mass is 32.2. The summed E-state index contributed by atoms with van der Waals surface area (Å²) in [5, 5.41) is 8.68. The molecule has 3 aliphatic rings. The molecule has 176 valence electrons. The monoisotopic (exact) mass is 487 g/mol. The van der Waals surface area contributed by atoms with Crippen LogP contribution in [0.3, 0.4) is 0 Å². The Bertz CT molecular complexity index is 1530. The topological polar surface area (TPSA) is 105 Å². The van der Waals surface area contributed by atoms with E-state index < -0.39 is 5.92 Å². The number of amides is 1. The van der Waals surface area contributed by atoms with Gasteiger partial charge in [0.1, 0.15) is 5.92 Å². The van der Waals surface area contributed by atoms with Gasteiger partial charge < -0.3 is 9.30 Å². The van der Waals surface area contributed by atoms with Crippen LogP contribution >= 0.6 is 11.8 Å². The quantitative estimate of drug-likeness (QED) is 0.415. The number of nitrogens with one attached hydrogen (secondary N) is 1. The summed E-state index contributed by atoms with van der Waals surface area (Å²) in [5.74, 6) is 0.166. The number of nitrogens with zero attached hydrogens (tertiary/aromatic N) is 5. The zero-order chi connectivity index (χ0) is 23.8. The molecule has 1 amide bonds. The van der Waals surface area contributed by atoms with E-state index in [1.165, 1.54) is 21.9 Å². The maximum absolute atomic E-state index is 13.4. The van der Waals surface area contributed by atoms with Gasteiger partial charge in [-0.1, -0.05) is 47.2 Å². The van der Waals surface area contributed by atoms with Gasteiger partial charge in [0.25, 0.3) is 10.7 Å². The second kappa shape index (κ2) is 9.20. The van der Waals surface area contributed by atoms with E-state index in [0.717, 1.165) is 25.2 Å². The van der Waals surface area contributed by atoms with Gasteiger partial charge in [0.15, 0.2) is 0 Å². The number of aromatic amines is 1. The molecule has 1 fully saturated rings. The Balaban J connectivity index is 1.25. The van der Waals surface area contributed by atoms with E-state index in [-0.39, 0.29) is 17.6 Å². The fourth-order valence-corrected chi connectivity index (χ4v) is 5.22. The van der Waals surface area contributed by atoms with Gasteiger partial charge in [0.05, 0.1) is 35.1 Å². The number of rotatable bonds is 6. The van der Waals surface area contributed by atoms with Crippen molar-refractivity contribution >= 4 is 35.9 Å². The van der Waals surface area contributed by atoms with E-state index in [4.69, 9.17) is 4.74 Å². The van der Waals surface area contributed by atoms with E-state index in [1.807, 2.05) is 36.4 Å². The van der Waals surface area contributed by atoms with Gasteiger partial charge in [-0.3, -0.25) is 14.6 Å². The maximum Gasteiger partial charge on any atom is 0.425 e. The van der Waals surface area contributed by atoms with Crippen molar-refractivity contribution in [2.45, 2.75) is 36.4 Å². The standard InChI is InChI=1S/C25H23N6O3S/c32-22-18-13-19-21(26-20(18)8-10-30(22)14-17-7-4-12-34-17)9-11-31(23(19)33)24-27-25(29-28-24)35-15-16-5-2-1-3-6-16/h1-3,5-6,8-11,13,17,19H,4,7,12,14-15H2,(H,27,28,29)/q+1. The number of carbonyl (C=O) groups excluding carboxylic acids is 1. The van der Waals surface area contributed by atoms with Crippen molar-refractivity contribution in [3.8, 4) is 0 Å². The second-order valence-corrected chi connectivity index (χ2v) is 9.57. The highest BCUT2D eigenvalue weighted by Gasteiger charge is 2.34. The third-order valence-corrected chi connectivity index (χ3v) is 7.21. The Hall–Kier alpha value is -3.63. The van der Waals surface area contributed by atoms with Crippen molar-refractivity contribution in [1.82, 2.24) is 19.7 Å². The number of ether oxygens (including phenoxy) is 1. The van der Waals surface area contributed by atoms with E-state index >= 15 is 0 Å². The smallest absolute Gasteiger partial charge is 0.376 e. The molecule has 10 heteroatoms. The Labute approximate surface area is 204 Å². The highest BCUT2D eigenvalue weighted by molar-refractivity contribution is 7.98. The van der Waals surface area contributed by atoms with Crippen molar-refractivity contribution in [2.75, 3.05) is 6.61 Å². The van der Waals surface area contributed by atoms with Crippen LogP contribution < -0.4 is 16.1 Å². The second-order valence-electron chi connectivity index (χ2n) is 8.63. The molecule has 2 atom stereocenters. The summed E-state index contributed by atoms with van der Waals surface area (Å²) in [4.78, 5) is 35.6. The lowest BCUT2D eigenvalue weighted by Gasteiger charge is -2.18. The first-order chi connectivity index (χ1) is 17.2. The molecule has 1 N–H and O–H groups in total. The van der Waals surface area contributed by atoms with Crippen molar-refractivity contribution in [1.29, 1.82) is 0 Å². The average Bonchev–Trinajstić information content (AvgIpc) is 3.57. The number of aromatic nitrogens is 4. The molecular weight excluding hydrogens is 464 g/mol. The summed E-state index contributed by atoms with van der Waals surface area (Å²) in [7, 11) is 0. The number of hydrogen-bond acceptors (Lipinski definition) is 7. The number of allylic oxidation sites excluding steroid dienone is 1. The summed E-state index contributed by atoms with van der Waals surface area (Å²) in [6.45, 7) is 1.24. The number of pyridine rings is 1. The molecule has 0 radical (unpaired) electrons. The maximum atomic E-state index is 13.4. The predicted octanol–water partition coefficient (Wildman–Crippen LogP) is 1.31. The summed E-state index contributed by atoms with van der Waals surface area (Å²) in [6.07, 6.45) is 8.89. The number of benzene rings is 1. The minimum Gasteiger partial charge on any atom is -0.376 e. The molecule has 35 heavy (non-hydrogen) atoms. The average molecular weight is 488 g/mol. The van der Waals surface area contributed by atoms with E-state index in [1.54, 1.807) is 29.1 Å². The molecule has 5 heterocycles. The number of hydrogen-bond donors (Lipinski definition) is 1. The SMILES string of the molecule is O=C1C2C=c3c(ccn(CC4CCCO4)c3=O)=NC2=CC=[N+]1c1nc(SCc2ccccc2)n[nH]1. The minimum atomic E-state index is -0.663. The first-order valence-electron chi connectivity index (χ1n) is 11.5. The van der Waals surface area contributed by atoms with Crippen LogP contribution in [0.5, 0.6) is 0 Å². The van der Waals surface area contributed by atoms with Crippen LogP contribution in [-0.2, 0) is 21.8 Å². The van der Waals surface area contributed by atoms with Crippen LogP contribution in [0.15, 0.2) is 69.3 Å². The summed E-state index contributed by atoms with van der Waals surface area (Å²) in [5.41, 5.74) is 1.61. The van der Waals surface area contributed by atoms with Gasteiger partial charge in [0.2, 0.25) is 0 Å². The molecule has 6 rings (SSSR count). The van der Waals surface area contributed by atoms with Crippen molar-refractivity contribution in [3.05, 3.63) is 80.9 Å². The van der Waals surface area contributed by atoms with Crippen LogP contribution in [0.4, 0.5) is 5.95 Å². The number of H-pyrrole nitrogens is 1. The lowest BCUT2D eigenvalue weighted by atomic mass is 9.98. The first-order valence-corrected chi connectivity index (χ1v) is 12.5. The van der Waals surface area contributed by atoms with Gasteiger partial charge >= 0.3 is 11.9 Å². The first kappa shape index (κ1) is 21.9. The Morgan fingerprint density at radius 1 is 1.20 bits per heavy atom. The van der Waals surface area contributed by atoms with Crippen LogP contribution in [0.2, 0.25) is 0 Å². The fraction of sp³-hybridized carbons (Fsp3) is 0.280.